The first-order valence-corrected chi connectivity index (χ1v) is 10.9. The molecule has 3 heteroatoms. The van der Waals surface area contributed by atoms with Crippen molar-refractivity contribution >= 4 is 11.6 Å². The first-order chi connectivity index (χ1) is 16.1. The number of carbonyl (C=O) groups excluding carboxylic acids is 1. The second-order valence-corrected chi connectivity index (χ2v) is 8.08. The maximum atomic E-state index is 13.6. The Balaban J connectivity index is 1.60. The van der Waals surface area contributed by atoms with Crippen LogP contribution in [0.25, 0.3) is 11.1 Å². The second-order valence-electron chi connectivity index (χ2n) is 8.08. The van der Waals surface area contributed by atoms with Gasteiger partial charge in [0.1, 0.15) is 11.8 Å². The molecule has 0 saturated heterocycles. The third-order valence-corrected chi connectivity index (χ3v) is 5.92. The highest BCUT2D eigenvalue weighted by Gasteiger charge is 2.37. The second kappa shape index (κ2) is 8.68. The molecule has 0 fully saturated rings. The number of nitrogens with zero attached hydrogens (tertiary/aromatic N) is 1. The minimum absolute atomic E-state index is 0.0452. The summed E-state index contributed by atoms with van der Waals surface area (Å²) in [7, 11) is 1.63. The van der Waals surface area contributed by atoms with Gasteiger partial charge in [-0.25, -0.2) is 0 Å². The van der Waals surface area contributed by atoms with Crippen molar-refractivity contribution in [3.63, 3.8) is 0 Å². The molecule has 0 N–H and O–H groups in total. The summed E-state index contributed by atoms with van der Waals surface area (Å²) >= 11 is 0. The Morgan fingerprint density at radius 3 is 2.24 bits per heavy atom. The molecular weight excluding hydrogens is 406 g/mol. The van der Waals surface area contributed by atoms with Crippen LogP contribution < -0.4 is 9.64 Å². The lowest BCUT2D eigenvalue weighted by Crippen LogP contribution is -2.27. The summed E-state index contributed by atoms with van der Waals surface area (Å²) in [6.45, 7) is 2.05. The largest absolute Gasteiger partial charge is 0.497 e. The van der Waals surface area contributed by atoms with E-state index in [1.165, 1.54) is 5.56 Å². The fourth-order valence-electron chi connectivity index (χ4n) is 4.12. The van der Waals surface area contributed by atoms with Crippen LogP contribution in [0.3, 0.4) is 0 Å². The van der Waals surface area contributed by atoms with E-state index in [0.29, 0.717) is 5.56 Å². The van der Waals surface area contributed by atoms with E-state index < -0.39 is 0 Å². The number of benzene rings is 4. The number of fused-ring (bicyclic) bond motifs is 1. The molecule has 4 aromatic rings. The van der Waals surface area contributed by atoms with Gasteiger partial charge in [0.05, 0.1) is 7.11 Å². The lowest BCUT2D eigenvalue weighted by molar-refractivity contribution is 0.0994. The molecule has 0 aromatic heterocycles. The van der Waals surface area contributed by atoms with E-state index in [0.717, 1.165) is 33.7 Å². The molecule has 0 bridgehead atoms. The number of hydrogen-bond acceptors (Lipinski definition) is 2. The first kappa shape index (κ1) is 20.6. The Labute approximate surface area is 194 Å². The van der Waals surface area contributed by atoms with Crippen LogP contribution >= 0.6 is 0 Å². The van der Waals surface area contributed by atoms with Gasteiger partial charge in [0, 0.05) is 16.8 Å². The summed E-state index contributed by atoms with van der Waals surface area (Å²) in [6, 6.07) is 31.5. The molecule has 1 aliphatic heterocycles. The molecule has 0 radical (unpaired) electrons. The van der Waals surface area contributed by atoms with Crippen molar-refractivity contribution in [2.45, 2.75) is 13.0 Å². The topological polar surface area (TPSA) is 29.5 Å². The van der Waals surface area contributed by atoms with Crippen molar-refractivity contribution in [3.05, 3.63) is 119 Å². The number of rotatable bonds is 3. The Morgan fingerprint density at radius 2 is 1.55 bits per heavy atom. The van der Waals surface area contributed by atoms with Crippen LogP contribution in [-0.2, 0) is 0 Å². The Kier molecular flexibility index (Phi) is 5.42. The molecule has 160 valence electrons. The normalized spacial score (nSPS) is 14.4. The minimum Gasteiger partial charge on any atom is -0.497 e. The van der Waals surface area contributed by atoms with E-state index in [1.54, 1.807) is 12.0 Å². The average Bonchev–Trinajstić information content (AvgIpc) is 3.15. The zero-order valence-corrected chi connectivity index (χ0v) is 18.6. The smallest absolute Gasteiger partial charge is 0.260 e. The fraction of sp³-hybridized carbons (Fsp3) is 0.100. The highest BCUT2D eigenvalue weighted by molar-refractivity contribution is 6.12. The van der Waals surface area contributed by atoms with Gasteiger partial charge in [-0.1, -0.05) is 72.0 Å². The van der Waals surface area contributed by atoms with Gasteiger partial charge in [0.25, 0.3) is 5.91 Å². The molecule has 1 aliphatic rings. The third-order valence-electron chi connectivity index (χ3n) is 5.92. The van der Waals surface area contributed by atoms with Crippen molar-refractivity contribution in [2.75, 3.05) is 12.0 Å². The average molecular weight is 430 g/mol. The molecule has 4 aromatic carbocycles. The van der Waals surface area contributed by atoms with E-state index in [1.807, 2.05) is 78.9 Å². The molecule has 33 heavy (non-hydrogen) atoms. The van der Waals surface area contributed by atoms with Crippen molar-refractivity contribution in [1.29, 1.82) is 0 Å². The number of aryl methyl sites for hydroxylation is 1. The number of hydrogen-bond donors (Lipinski definition) is 0. The van der Waals surface area contributed by atoms with Crippen molar-refractivity contribution in [1.82, 2.24) is 0 Å². The standard InChI is InChI=1S/C30H23NO2/c1-21-8-10-22(11-9-21)12-19-29-27-18-13-24(23-6-4-3-5-7-23)20-28(27)30(32)31(29)25-14-16-26(33-2)17-15-25/h3-11,13-18,20,29H,1-2H3/t29-/m0/s1. The quantitative estimate of drug-likeness (QED) is 0.352. The Bertz CT molecular complexity index is 1360. The van der Waals surface area contributed by atoms with Crippen LogP contribution in [0.5, 0.6) is 5.75 Å². The summed E-state index contributed by atoms with van der Waals surface area (Å²) in [6.07, 6.45) is 0. The summed E-state index contributed by atoms with van der Waals surface area (Å²) in [5.41, 5.74) is 6.63. The lowest BCUT2D eigenvalue weighted by atomic mass is 9.98. The van der Waals surface area contributed by atoms with Gasteiger partial charge in [-0.2, -0.15) is 0 Å². The highest BCUT2D eigenvalue weighted by atomic mass is 16.5. The minimum atomic E-state index is -0.368. The van der Waals surface area contributed by atoms with Gasteiger partial charge in [0.2, 0.25) is 0 Å². The molecular formula is C30H23NO2. The van der Waals surface area contributed by atoms with E-state index in [4.69, 9.17) is 4.74 Å². The number of amides is 1. The number of anilines is 1. The molecule has 1 heterocycles. The van der Waals surface area contributed by atoms with Gasteiger partial charge in [-0.15, -0.1) is 0 Å². The summed E-state index contributed by atoms with van der Waals surface area (Å²) in [4.78, 5) is 15.4. The monoisotopic (exact) mass is 429 g/mol. The number of methoxy groups -OCH3 is 1. The van der Waals surface area contributed by atoms with Crippen LogP contribution in [0.1, 0.15) is 33.1 Å². The van der Waals surface area contributed by atoms with Crippen molar-refractivity contribution in [3.8, 4) is 28.7 Å². The van der Waals surface area contributed by atoms with Gasteiger partial charge in [-0.3, -0.25) is 9.69 Å². The maximum Gasteiger partial charge on any atom is 0.260 e. The van der Waals surface area contributed by atoms with Gasteiger partial charge in [-0.05, 0) is 66.1 Å². The zero-order valence-electron chi connectivity index (χ0n) is 18.6. The zero-order chi connectivity index (χ0) is 22.8. The molecule has 3 nitrogen and oxygen atoms in total. The Hall–Kier alpha value is -4.29. The highest BCUT2D eigenvalue weighted by Crippen LogP contribution is 2.39. The molecule has 0 aliphatic carbocycles. The molecule has 1 amide bonds. The van der Waals surface area contributed by atoms with Gasteiger partial charge < -0.3 is 4.74 Å². The summed E-state index contributed by atoms with van der Waals surface area (Å²) in [5.74, 6) is 7.34. The third kappa shape index (κ3) is 4.00. The molecule has 5 rings (SSSR count). The van der Waals surface area contributed by atoms with Crippen LogP contribution in [-0.4, -0.2) is 13.0 Å². The van der Waals surface area contributed by atoms with Crippen LogP contribution in [0.4, 0.5) is 5.69 Å². The van der Waals surface area contributed by atoms with E-state index in [2.05, 4.69) is 37.0 Å². The van der Waals surface area contributed by atoms with E-state index >= 15 is 0 Å². The molecule has 1 atom stereocenters. The predicted molar refractivity (Wildman–Crippen MR) is 132 cm³/mol. The van der Waals surface area contributed by atoms with E-state index in [9.17, 15) is 4.79 Å². The molecule has 0 spiro atoms. The maximum absolute atomic E-state index is 13.6. The van der Waals surface area contributed by atoms with Crippen LogP contribution in [0.2, 0.25) is 0 Å². The van der Waals surface area contributed by atoms with Gasteiger partial charge >= 0.3 is 0 Å². The van der Waals surface area contributed by atoms with Crippen molar-refractivity contribution in [2.24, 2.45) is 0 Å². The summed E-state index contributed by atoms with van der Waals surface area (Å²) in [5, 5.41) is 0. The lowest BCUT2D eigenvalue weighted by Gasteiger charge is -2.21. The Morgan fingerprint density at radius 1 is 0.818 bits per heavy atom. The first-order valence-electron chi connectivity index (χ1n) is 10.9. The van der Waals surface area contributed by atoms with Crippen LogP contribution in [0, 0.1) is 18.8 Å². The SMILES string of the molecule is COc1ccc(N2C(=O)c3cc(-c4ccccc4)ccc3[C@@H]2C#Cc2ccc(C)cc2)cc1. The summed E-state index contributed by atoms with van der Waals surface area (Å²) < 4.78 is 5.30. The fourth-order valence-corrected chi connectivity index (χ4v) is 4.12. The van der Waals surface area contributed by atoms with Crippen LogP contribution in [0.15, 0.2) is 97.1 Å². The van der Waals surface area contributed by atoms with Crippen molar-refractivity contribution < 1.29 is 9.53 Å². The molecule has 0 unspecified atom stereocenters. The number of ether oxygens (including phenoxy) is 1. The van der Waals surface area contributed by atoms with E-state index in [-0.39, 0.29) is 11.9 Å². The molecule has 0 saturated carbocycles. The number of carbonyl (C=O) groups is 1. The predicted octanol–water partition coefficient (Wildman–Crippen LogP) is 6.42. The van der Waals surface area contributed by atoms with Gasteiger partial charge in [0.15, 0.2) is 0 Å².